The molecule has 3 N–H and O–H groups in total. The first-order valence-corrected chi connectivity index (χ1v) is 10.3. The normalized spacial score (nSPS) is 15.3. The molecular weight excluding hydrogens is 358 g/mol. The lowest BCUT2D eigenvalue weighted by Gasteiger charge is -2.16. The molecule has 0 atom stereocenters. The molecule has 0 unspecified atom stereocenters. The van der Waals surface area contributed by atoms with Crippen molar-refractivity contribution in [2.75, 3.05) is 26.2 Å². The molecule has 0 radical (unpaired) electrons. The summed E-state index contributed by atoms with van der Waals surface area (Å²) in [7, 11) is 0. The van der Waals surface area contributed by atoms with Gasteiger partial charge in [-0.15, -0.1) is 11.3 Å². The summed E-state index contributed by atoms with van der Waals surface area (Å²) in [4.78, 5) is 21.7. The van der Waals surface area contributed by atoms with Crippen molar-refractivity contribution in [2.24, 2.45) is 4.99 Å². The predicted octanol–water partition coefficient (Wildman–Crippen LogP) is 2.47. The van der Waals surface area contributed by atoms with Gasteiger partial charge in [-0.25, -0.2) is 4.98 Å². The third-order valence-corrected chi connectivity index (χ3v) is 5.71. The molecule has 6 nitrogen and oxygen atoms in total. The summed E-state index contributed by atoms with van der Waals surface area (Å²) in [5, 5.41) is 9.50. The second-order valence-electron chi connectivity index (χ2n) is 6.79. The molecule has 1 saturated carbocycles. The number of rotatable bonds is 8. The highest BCUT2D eigenvalue weighted by Gasteiger charge is 2.43. The van der Waals surface area contributed by atoms with E-state index in [9.17, 15) is 4.79 Å². The molecule has 27 heavy (non-hydrogen) atoms. The predicted molar refractivity (Wildman–Crippen MR) is 111 cm³/mol. The van der Waals surface area contributed by atoms with Gasteiger partial charge in [-0.3, -0.25) is 9.79 Å². The van der Waals surface area contributed by atoms with E-state index in [1.54, 1.807) is 5.51 Å². The minimum Gasteiger partial charge on any atom is -0.357 e. The van der Waals surface area contributed by atoms with Gasteiger partial charge in [-0.2, -0.15) is 0 Å². The summed E-state index contributed by atoms with van der Waals surface area (Å²) in [5.74, 6) is 0.725. The van der Waals surface area contributed by atoms with E-state index in [1.165, 1.54) is 29.7 Å². The van der Waals surface area contributed by atoms with E-state index in [1.807, 2.05) is 6.92 Å². The molecule has 1 aliphatic carbocycles. The number of carbonyl (C=O) groups is 1. The van der Waals surface area contributed by atoms with Crippen LogP contribution in [0.15, 0.2) is 40.8 Å². The van der Waals surface area contributed by atoms with Crippen LogP contribution in [0.25, 0.3) is 0 Å². The quantitative estimate of drug-likeness (QED) is 0.371. The van der Waals surface area contributed by atoms with Crippen molar-refractivity contribution in [1.29, 1.82) is 0 Å². The van der Waals surface area contributed by atoms with Gasteiger partial charge in [0.05, 0.1) is 17.7 Å². The molecule has 0 bridgehead atoms. The number of aliphatic imine (C=N–C) groups is 1. The molecule has 3 rings (SSSR count). The third-order valence-electron chi connectivity index (χ3n) is 4.78. The van der Waals surface area contributed by atoms with Crippen molar-refractivity contribution >= 4 is 23.2 Å². The van der Waals surface area contributed by atoms with Gasteiger partial charge in [0.2, 0.25) is 0 Å². The van der Waals surface area contributed by atoms with Crippen LogP contribution in [0.2, 0.25) is 0 Å². The van der Waals surface area contributed by atoms with Crippen LogP contribution in [-0.2, 0) is 5.41 Å². The van der Waals surface area contributed by atoms with Crippen LogP contribution in [0.4, 0.5) is 0 Å². The number of hydrogen-bond acceptors (Lipinski definition) is 4. The van der Waals surface area contributed by atoms with E-state index in [0.29, 0.717) is 18.0 Å². The van der Waals surface area contributed by atoms with Crippen molar-refractivity contribution in [3.63, 3.8) is 0 Å². The van der Waals surface area contributed by atoms with Gasteiger partial charge in [-0.05, 0) is 32.3 Å². The lowest BCUT2D eigenvalue weighted by Crippen LogP contribution is -2.42. The van der Waals surface area contributed by atoms with Gasteiger partial charge >= 0.3 is 0 Å². The summed E-state index contributed by atoms with van der Waals surface area (Å²) in [6, 6.07) is 10.6. The minimum atomic E-state index is -0.0697. The Balaban J connectivity index is 1.48. The van der Waals surface area contributed by atoms with E-state index in [2.05, 4.69) is 58.2 Å². The molecule has 0 saturated heterocycles. The zero-order valence-corrected chi connectivity index (χ0v) is 16.7. The number of aryl methyl sites for hydroxylation is 1. The number of carbonyl (C=O) groups excluding carboxylic acids is 1. The van der Waals surface area contributed by atoms with Crippen LogP contribution in [-0.4, -0.2) is 43.0 Å². The monoisotopic (exact) mass is 385 g/mol. The third kappa shape index (κ3) is 5.07. The van der Waals surface area contributed by atoms with Crippen molar-refractivity contribution in [2.45, 2.75) is 32.1 Å². The Morgan fingerprint density at radius 1 is 1.19 bits per heavy atom. The maximum Gasteiger partial charge on any atom is 0.263 e. The average molecular weight is 386 g/mol. The number of guanidine groups is 1. The fraction of sp³-hybridized carbons (Fsp3) is 0.450. The summed E-state index contributed by atoms with van der Waals surface area (Å²) in [6.45, 7) is 6.63. The number of aromatic nitrogens is 1. The maximum atomic E-state index is 12.1. The largest absolute Gasteiger partial charge is 0.357 e. The average Bonchev–Trinajstić information content (AvgIpc) is 3.36. The van der Waals surface area contributed by atoms with Crippen LogP contribution in [0, 0.1) is 6.92 Å². The Morgan fingerprint density at radius 3 is 2.56 bits per heavy atom. The highest BCUT2D eigenvalue weighted by Crippen LogP contribution is 2.48. The van der Waals surface area contributed by atoms with Gasteiger partial charge in [0.1, 0.15) is 4.88 Å². The van der Waals surface area contributed by atoms with Gasteiger partial charge in [0, 0.05) is 25.0 Å². The second-order valence-corrected chi connectivity index (χ2v) is 7.65. The van der Waals surface area contributed by atoms with E-state index in [0.717, 1.165) is 24.7 Å². The summed E-state index contributed by atoms with van der Waals surface area (Å²) in [5.41, 5.74) is 4.04. The SMILES string of the molecule is CCNC(=NCC1(c2ccccc2)CC1)NCCNC(=O)c1scnc1C. The first kappa shape index (κ1) is 19.4. The molecule has 0 spiro atoms. The second kappa shape index (κ2) is 8.99. The van der Waals surface area contributed by atoms with Crippen LogP contribution < -0.4 is 16.0 Å². The molecule has 0 aliphatic heterocycles. The standard InChI is InChI=1S/C20H27N5OS/c1-3-21-19(23-12-11-22-18(26)17-15(2)25-14-27-17)24-13-20(9-10-20)16-7-5-4-6-8-16/h4-8,14H,3,9-13H2,1-2H3,(H,22,26)(H2,21,23,24). The molecule has 2 aromatic rings. The molecule has 1 aromatic carbocycles. The number of thiazole rings is 1. The van der Waals surface area contributed by atoms with Crippen LogP contribution in [0.3, 0.4) is 0 Å². The van der Waals surface area contributed by atoms with E-state index in [-0.39, 0.29) is 11.3 Å². The Morgan fingerprint density at radius 2 is 1.93 bits per heavy atom. The highest BCUT2D eigenvalue weighted by molar-refractivity contribution is 7.11. The summed E-state index contributed by atoms with van der Waals surface area (Å²) >= 11 is 1.37. The lowest BCUT2D eigenvalue weighted by molar-refractivity contribution is 0.0957. The van der Waals surface area contributed by atoms with Gasteiger partial charge < -0.3 is 16.0 Å². The zero-order valence-electron chi connectivity index (χ0n) is 15.9. The van der Waals surface area contributed by atoms with E-state index < -0.39 is 0 Å². The first-order valence-electron chi connectivity index (χ1n) is 9.40. The van der Waals surface area contributed by atoms with Crippen LogP contribution in [0.1, 0.15) is 40.7 Å². The molecular formula is C20H27N5OS. The number of hydrogen-bond donors (Lipinski definition) is 3. The Hall–Kier alpha value is -2.41. The Labute approximate surface area is 164 Å². The molecule has 144 valence electrons. The lowest BCUT2D eigenvalue weighted by atomic mass is 9.96. The van der Waals surface area contributed by atoms with Gasteiger partial charge in [-0.1, -0.05) is 30.3 Å². The zero-order chi connectivity index (χ0) is 19.1. The molecule has 1 amide bonds. The topological polar surface area (TPSA) is 78.4 Å². The highest BCUT2D eigenvalue weighted by atomic mass is 32.1. The Bertz CT molecular complexity index is 783. The fourth-order valence-electron chi connectivity index (χ4n) is 3.01. The number of nitrogens with one attached hydrogen (secondary N) is 3. The van der Waals surface area contributed by atoms with Crippen molar-refractivity contribution in [1.82, 2.24) is 20.9 Å². The maximum absolute atomic E-state index is 12.1. The first-order chi connectivity index (χ1) is 13.1. The molecule has 1 heterocycles. The summed E-state index contributed by atoms with van der Waals surface area (Å²) in [6.07, 6.45) is 2.37. The number of amides is 1. The molecule has 7 heteroatoms. The molecule has 1 fully saturated rings. The molecule has 1 aromatic heterocycles. The number of nitrogens with zero attached hydrogens (tertiary/aromatic N) is 2. The van der Waals surface area contributed by atoms with Crippen molar-refractivity contribution in [3.8, 4) is 0 Å². The van der Waals surface area contributed by atoms with E-state index in [4.69, 9.17) is 4.99 Å². The minimum absolute atomic E-state index is 0.0697. The fourth-order valence-corrected chi connectivity index (χ4v) is 3.73. The van der Waals surface area contributed by atoms with Crippen molar-refractivity contribution < 1.29 is 4.79 Å². The van der Waals surface area contributed by atoms with Gasteiger partial charge in [0.25, 0.3) is 5.91 Å². The number of benzene rings is 1. The van der Waals surface area contributed by atoms with Crippen LogP contribution in [0.5, 0.6) is 0 Å². The summed E-state index contributed by atoms with van der Waals surface area (Å²) < 4.78 is 0. The Kier molecular flexibility index (Phi) is 6.45. The van der Waals surface area contributed by atoms with Crippen molar-refractivity contribution in [3.05, 3.63) is 52.0 Å². The smallest absolute Gasteiger partial charge is 0.263 e. The van der Waals surface area contributed by atoms with Gasteiger partial charge in [0.15, 0.2) is 5.96 Å². The molecule has 1 aliphatic rings. The van der Waals surface area contributed by atoms with Crippen LogP contribution >= 0.6 is 11.3 Å². The van der Waals surface area contributed by atoms with E-state index >= 15 is 0 Å².